The van der Waals surface area contributed by atoms with E-state index in [9.17, 15) is 14.0 Å². The first-order valence-corrected chi connectivity index (χ1v) is 8.40. The number of nitrogens with zero attached hydrogens (tertiary/aromatic N) is 2. The highest BCUT2D eigenvalue weighted by Crippen LogP contribution is 2.24. The minimum absolute atomic E-state index is 0.0501. The average molecular weight is 356 g/mol. The fourth-order valence-corrected chi connectivity index (χ4v) is 3.24. The van der Waals surface area contributed by atoms with Crippen molar-refractivity contribution in [1.29, 1.82) is 0 Å². The van der Waals surface area contributed by atoms with Crippen LogP contribution in [-0.2, 0) is 4.79 Å². The molecule has 0 aliphatic carbocycles. The zero-order valence-electron chi connectivity index (χ0n) is 15.1. The zero-order valence-corrected chi connectivity index (χ0v) is 15.1. The third-order valence-corrected chi connectivity index (χ3v) is 4.42. The minimum Gasteiger partial charge on any atom is -0.496 e. The van der Waals surface area contributed by atoms with E-state index in [0.717, 1.165) is 22.9 Å². The lowest BCUT2D eigenvalue weighted by atomic mass is 10.1. The van der Waals surface area contributed by atoms with Gasteiger partial charge in [-0.2, -0.15) is 0 Å². The van der Waals surface area contributed by atoms with Gasteiger partial charge in [-0.3, -0.25) is 9.59 Å². The van der Waals surface area contributed by atoms with Crippen molar-refractivity contribution in [2.24, 2.45) is 0 Å². The number of carbonyl (C=O) groups is 2. The molecule has 136 valence electrons. The van der Waals surface area contributed by atoms with Crippen molar-refractivity contribution >= 4 is 17.5 Å². The molecule has 2 aromatic carbocycles. The fraction of sp³-hybridized carbons (Fsp3) is 0.300. The van der Waals surface area contributed by atoms with Gasteiger partial charge < -0.3 is 14.5 Å². The lowest BCUT2D eigenvalue weighted by Gasteiger charge is -2.34. The monoisotopic (exact) mass is 356 g/mol. The van der Waals surface area contributed by atoms with E-state index >= 15 is 0 Å². The lowest BCUT2D eigenvalue weighted by molar-refractivity contribution is -0.120. The Kier molecular flexibility index (Phi) is 4.93. The summed E-state index contributed by atoms with van der Waals surface area (Å²) in [7, 11) is 1.42. The Hall–Kier alpha value is -2.89. The molecule has 0 radical (unpaired) electrons. The normalized spacial score (nSPS) is 14.5. The summed E-state index contributed by atoms with van der Waals surface area (Å²) in [4.78, 5) is 28.5. The van der Waals surface area contributed by atoms with Gasteiger partial charge in [0, 0.05) is 18.8 Å². The number of hydrogen-bond donors (Lipinski definition) is 0. The van der Waals surface area contributed by atoms with E-state index in [0.29, 0.717) is 18.8 Å². The van der Waals surface area contributed by atoms with Gasteiger partial charge in [-0.1, -0.05) is 6.07 Å². The van der Waals surface area contributed by atoms with Crippen LogP contribution in [0.3, 0.4) is 0 Å². The van der Waals surface area contributed by atoms with Gasteiger partial charge in [-0.15, -0.1) is 0 Å². The number of aryl methyl sites for hydroxylation is 2. The van der Waals surface area contributed by atoms with Crippen molar-refractivity contribution in [3.8, 4) is 5.75 Å². The number of anilines is 1. The van der Waals surface area contributed by atoms with Crippen LogP contribution in [0.1, 0.15) is 21.5 Å². The van der Waals surface area contributed by atoms with Crippen molar-refractivity contribution in [3.63, 3.8) is 0 Å². The maximum atomic E-state index is 13.5. The maximum Gasteiger partial charge on any atom is 0.258 e. The highest BCUT2D eigenvalue weighted by atomic mass is 19.1. The zero-order chi connectivity index (χ0) is 18.8. The predicted octanol–water partition coefficient (Wildman–Crippen LogP) is 2.94. The number of amides is 2. The summed E-state index contributed by atoms with van der Waals surface area (Å²) in [5, 5.41) is 0. The number of piperazine rings is 1. The molecule has 0 spiro atoms. The van der Waals surface area contributed by atoms with Crippen LogP contribution in [-0.4, -0.2) is 43.5 Å². The predicted molar refractivity (Wildman–Crippen MR) is 97.1 cm³/mol. The molecule has 5 nitrogen and oxygen atoms in total. The van der Waals surface area contributed by atoms with Crippen LogP contribution in [0.4, 0.5) is 10.1 Å². The Morgan fingerprint density at radius 2 is 1.77 bits per heavy atom. The molecule has 0 unspecified atom stereocenters. The molecule has 1 aliphatic heterocycles. The van der Waals surface area contributed by atoms with E-state index in [-0.39, 0.29) is 18.0 Å². The molecule has 2 aromatic rings. The van der Waals surface area contributed by atoms with Crippen molar-refractivity contribution in [2.75, 3.05) is 31.6 Å². The van der Waals surface area contributed by atoms with Crippen LogP contribution >= 0.6 is 0 Å². The van der Waals surface area contributed by atoms with E-state index in [1.54, 1.807) is 4.90 Å². The molecule has 3 rings (SSSR count). The van der Waals surface area contributed by atoms with Crippen molar-refractivity contribution in [2.45, 2.75) is 13.8 Å². The molecule has 1 fully saturated rings. The molecule has 6 heteroatoms. The summed E-state index contributed by atoms with van der Waals surface area (Å²) in [5.41, 5.74) is 3.12. The van der Waals surface area contributed by atoms with E-state index in [1.165, 1.54) is 24.1 Å². The fourth-order valence-electron chi connectivity index (χ4n) is 3.24. The molecule has 26 heavy (non-hydrogen) atoms. The highest BCUT2D eigenvalue weighted by Gasteiger charge is 2.30. The Bertz CT molecular complexity index is 846. The number of halogens is 1. The van der Waals surface area contributed by atoms with Crippen LogP contribution in [0.15, 0.2) is 36.4 Å². The maximum absolute atomic E-state index is 13.5. The first-order valence-electron chi connectivity index (χ1n) is 8.40. The molecule has 0 N–H and O–H groups in total. The van der Waals surface area contributed by atoms with Crippen LogP contribution < -0.4 is 9.64 Å². The van der Waals surface area contributed by atoms with Gasteiger partial charge in [-0.05, 0) is 55.3 Å². The number of methoxy groups -OCH3 is 1. The SMILES string of the molecule is COc1ccc(F)cc1C(=O)N1CCN(c2cc(C)cc(C)c2)C(=O)C1. The molecule has 1 saturated heterocycles. The Labute approximate surface area is 152 Å². The standard InChI is InChI=1S/C20H21FN2O3/c1-13-8-14(2)10-16(9-13)23-7-6-22(12-19(23)24)20(25)17-11-15(21)4-5-18(17)26-3/h4-5,8-11H,6-7,12H2,1-3H3. The summed E-state index contributed by atoms with van der Waals surface area (Å²) in [6.45, 7) is 4.68. The van der Waals surface area contributed by atoms with E-state index in [1.807, 2.05) is 32.0 Å². The topological polar surface area (TPSA) is 49.9 Å². The van der Waals surface area contributed by atoms with E-state index in [2.05, 4.69) is 0 Å². The minimum atomic E-state index is -0.519. The van der Waals surface area contributed by atoms with Crippen LogP contribution in [0.2, 0.25) is 0 Å². The number of ether oxygens (including phenoxy) is 1. The van der Waals surface area contributed by atoms with Crippen LogP contribution in [0.5, 0.6) is 5.75 Å². The molecule has 0 atom stereocenters. The molecular weight excluding hydrogens is 335 g/mol. The first kappa shape index (κ1) is 17.9. The van der Waals surface area contributed by atoms with Gasteiger partial charge in [-0.25, -0.2) is 4.39 Å². The van der Waals surface area contributed by atoms with Gasteiger partial charge >= 0.3 is 0 Å². The second-order valence-electron chi connectivity index (χ2n) is 6.46. The van der Waals surface area contributed by atoms with Gasteiger partial charge in [0.15, 0.2) is 0 Å². The van der Waals surface area contributed by atoms with Crippen molar-refractivity contribution in [1.82, 2.24) is 4.90 Å². The average Bonchev–Trinajstić information content (AvgIpc) is 2.60. The van der Waals surface area contributed by atoms with Gasteiger partial charge in [0.05, 0.1) is 12.7 Å². The second kappa shape index (κ2) is 7.15. The van der Waals surface area contributed by atoms with Crippen molar-refractivity contribution in [3.05, 3.63) is 58.9 Å². The Morgan fingerprint density at radius 1 is 1.08 bits per heavy atom. The quantitative estimate of drug-likeness (QED) is 0.850. The Balaban J connectivity index is 1.79. The summed E-state index contributed by atoms with van der Waals surface area (Å²) >= 11 is 0. The smallest absolute Gasteiger partial charge is 0.258 e. The van der Waals surface area contributed by atoms with E-state index in [4.69, 9.17) is 4.74 Å². The summed E-state index contributed by atoms with van der Waals surface area (Å²) in [5.74, 6) is -0.797. The molecule has 1 aliphatic rings. The summed E-state index contributed by atoms with van der Waals surface area (Å²) in [6.07, 6.45) is 0. The largest absolute Gasteiger partial charge is 0.496 e. The molecule has 0 saturated carbocycles. The summed E-state index contributed by atoms with van der Waals surface area (Å²) in [6, 6.07) is 9.75. The highest BCUT2D eigenvalue weighted by molar-refractivity contribution is 6.02. The van der Waals surface area contributed by atoms with E-state index < -0.39 is 11.7 Å². The third kappa shape index (κ3) is 3.54. The molecular formula is C20H21FN2O3. The molecule has 0 bridgehead atoms. The van der Waals surface area contributed by atoms with Crippen LogP contribution in [0, 0.1) is 19.7 Å². The second-order valence-corrected chi connectivity index (χ2v) is 6.46. The van der Waals surface area contributed by atoms with Gasteiger partial charge in [0.1, 0.15) is 18.1 Å². The van der Waals surface area contributed by atoms with Gasteiger partial charge in [0.25, 0.3) is 5.91 Å². The number of benzene rings is 2. The van der Waals surface area contributed by atoms with Crippen LogP contribution in [0.25, 0.3) is 0 Å². The molecule has 0 aromatic heterocycles. The third-order valence-electron chi connectivity index (χ3n) is 4.42. The molecule has 1 heterocycles. The number of carbonyl (C=O) groups excluding carboxylic acids is 2. The summed E-state index contributed by atoms with van der Waals surface area (Å²) < 4.78 is 18.7. The van der Waals surface area contributed by atoms with Gasteiger partial charge in [0.2, 0.25) is 5.91 Å². The van der Waals surface area contributed by atoms with Crippen molar-refractivity contribution < 1.29 is 18.7 Å². The number of rotatable bonds is 3. The number of hydrogen-bond acceptors (Lipinski definition) is 3. The Morgan fingerprint density at radius 3 is 2.38 bits per heavy atom. The lowest BCUT2D eigenvalue weighted by Crippen LogP contribution is -2.52. The first-order chi connectivity index (χ1) is 12.4. The molecule has 2 amide bonds.